The lowest BCUT2D eigenvalue weighted by atomic mass is 10.2. The number of amides is 1. The van der Waals surface area contributed by atoms with Gasteiger partial charge < -0.3 is 15.2 Å². The molecule has 0 aliphatic rings. The van der Waals surface area contributed by atoms with E-state index in [-0.39, 0.29) is 19.3 Å². The van der Waals surface area contributed by atoms with Crippen molar-refractivity contribution in [1.29, 1.82) is 0 Å². The highest BCUT2D eigenvalue weighted by Crippen LogP contribution is 2.24. The van der Waals surface area contributed by atoms with E-state index in [1.807, 2.05) is 20.8 Å². The Labute approximate surface area is 98.5 Å². The molecule has 90 valence electrons. The summed E-state index contributed by atoms with van der Waals surface area (Å²) in [7, 11) is 0. The molecule has 0 aromatic carbocycles. The van der Waals surface area contributed by atoms with Gasteiger partial charge in [-0.1, -0.05) is 0 Å². The topological polar surface area (TPSA) is 71.5 Å². The van der Waals surface area contributed by atoms with Gasteiger partial charge in [-0.05, 0) is 20.8 Å². The Morgan fingerprint density at radius 2 is 2.31 bits per heavy atom. The quantitative estimate of drug-likeness (QED) is 0.842. The first-order valence-electron chi connectivity index (χ1n) is 5.02. The van der Waals surface area contributed by atoms with Gasteiger partial charge in [0.25, 0.3) is 0 Å². The number of aliphatic hydroxyl groups excluding tert-OH is 1. The first-order valence-corrected chi connectivity index (χ1v) is 5.84. The molecule has 0 fully saturated rings. The zero-order valence-electron chi connectivity index (χ0n) is 9.61. The van der Waals surface area contributed by atoms with Crippen LogP contribution in [0.2, 0.25) is 0 Å². The molecule has 1 heterocycles. The van der Waals surface area contributed by atoms with Gasteiger partial charge in [0.2, 0.25) is 0 Å². The van der Waals surface area contributed by atoms with Gasteiger partial charge in [-0.15, -0.1) is 11.3 Å². The number of aliphatic hydroxyl groups is 1. The Kier molecular flexibility index (Phi) is 4.70. The molecule has 0 saturated heterocycles. The average molecular weight is 244 g/mol. The fourth-order valence-corrected chi connectivity index (χ4v) is 2.30. The molecule has 6 heteroatoms. The van der Waals surface area contributed by atoms with E-state index in [0.29, 0.717) is 0 Å². The van der Waals surface area contributed by atoms with Gasteiger partial charge in [0.15, 0.2) is 0 Å². The van der Waals surface area contributed by atoms with Crippen LogP contribution in [-0.2, 0) is 4.74 Å². The van der Waals surface area contributed by atoms with E-state index < -0.39 is 6.09 Å². The number of thiazole rings is 1. The van der Waals surface area contributed by atoms with Crippen molar-refractivity contribution in [2.45, 2.75) is 26.8 Å². The lowest BCUT2D eigenvalue weighted by molar-refractivity contribution is 0.117. The van der Waals surface area contributed by atoms with Gasteiger partial charge in [0.05, 0.1) is 23.4 Å². The predicted molar refractivity (Wildman–Crippen MR) is 61.6 cm³/mol. The second-order valence-electron chi connectivity index (χ2n) is 3.41. The molecule has 1 aromatic rings. The molecule has 0 spiro atoms. The number of hydrogen-bond acceptors (Lipinski definition) is 5. The van der Waals surface area contributed by atoms with Gasteiger partial charge in [0.1, 0.15) is 6.61 Å². The Hall–Kier alpha value is -1.14. The van der Waals surface area contributed by atoms with E-state index in [1.54, 1.807) is 11.3 Å². The number of hydrogen-bond donors (Lipinski definition) is 2. The molecule has 0 aliphatic carbocycles. The SMILES string of the molecule is Cc1nc(C)c(C(C)NC(=O)OCCO)s1. The largest absolute Gasteiger partial charge is 0.447 e. The van der Waals surface area contributed by atoms with Crippen molar-refractivity contribution in [3.63, 3.8) is 0 Å². The third kappa shape index (κ3) is 3.46. The summed E-state index contributed by atoms with van der Waals surface area (Å²) < 4.78 is 4.71. The minimum absolute atomic E-state index is 0.0131. The second-order valence-corrected chi connectivity index (χ2v) is 4.64. The minimum atomic E-state index is -0.521. The summed E-state index contributed by atoms with van der Waals surface area (Å²) in [6.07, 6.45) is -0.521. The van der Waals surface area contributed by atoms with Crippen LogP contribution < -0.4 is 5.32 Å². The molecular weight excluding hydrogens is 228 g/mol. The lowest BCUT2D eigenvalue weighted by Gasteiger charge is -2.12. The smallest absolute Gasteiger partial charge is 0.407 e. The lowest BCUT2D eigenvalue weighted by Crippen LogP contribution is -2.28. The third-order valence-corrected chi connectivity index (χ3v) is 3.25. The van der Waals surface area contributed by atoms with Gasteiger partial charge in [0, 0.05) is 4.88 Å². The number of rotatable bonds is 4. The Bertz CT molecular complexity index is 365. The maximum atomic E-state index is 11.2. The molecule has 0 radical (unpaired) electrons. The zero-order valence-corrected chi connectivity index (χ0v) is 10.4. The third-order valence-electron chi connectivity index (χ3n) is 1.99. The van der Waals surface area contributed by atoms with Crippen molar-refractivity contribution in [1.82, 2.24) is 10.3 Å². The molecule has 1 rings (SSSR count). The fraction of sp³-hybridized carbons (Fsp3) is 0.600. The molecule has 16 heavy (non-hydrogen) atoms. The summed E-state index contributed by atoms with van der Waals surface area (Å²) in [6, 6.07) is -0.127. The molecule has 5 nitrogen and oxygen atoms in total. The van der Waals surface area contributed by atoms with E-state index in [4.69, 9.17) is 9.84 Å². The molecule has 0 bridgehead atoms. The number of aromatic nitrogens is 1. The molecule has 1 atom stereocenters. The van der Waals surface area contributed by atoms with Crippen molar-refractivity contribution in [3.05, 3.63) is 15.6 Å². The van der Waals surface area contributed by atoms with E-state index >= 15 is 0 Å². The van der Waals surface area contributed by atoms with Crippen molar-refractivity contribution in [2.24, 2.45) is 0 Å². The molecule has 0 saturated carbocycles. The number of nitrogens with one attached hydrogen (secondary N) is 1. The highest BCUT2D eigenvalue weighted by Gasteiger charge is 2.15. The minimum Gasteiger partial charge on any atom is -0.447 e. The number of nitrogens with zero attached hydrogens (tertiary/aromatic N) is 1. The maximum Gasteiger partial charge on any atom is 0.407 e. The Morgan fingerprint density at radius 3 is 2.81 bits per heavy atom. The first kappa shape index (κ1) is 12.9. The molecule has 2 N–H and O–H groups in total. The van der Waals surface area contributed by atoms with Crippen molar-refractivity contribution < 1.29 is 14.6 Å². The van der Waals surface area contributed by atoms with E-state index in [9.17, 15) is 4.79 Å². The van der Waals surface area contributed by atoms with Gasteiger partial charge >= 0.3 is 6.09 Å². The number of aryl methyl sites for hydroxylation is 2. The summed E-state index contributed by atoms with van der Waals surface area (Å²) in [5.74, 6) is 0. The Morgan fingerprint density at radius 1 is 1.62 bits per heavy atom. The van der Waals surface area contributed by atoms with Gasteiger partial charge in [-0.2, -0.15) is 0 Å². The number of ether oxygens (including phenoxy) is 1. The summed E-state index contributed by atoms with van der Waals surface area (Å²) in [5.41, 5.74) is 0.928. The number of carbonyl (C=O) groups excluding carboxylic acids is 1. The zero-order chi connectivity index (χ0) is 12.1. The molecular formula is C10H16N2O3S. The van der Waals surface area contributed by atoms with Crippen LogP contribution in [0.15, 0.2) is 0 Å². The Balaban J connectivity index is 2.55. The van der Waals surface area contributed by atoms with Crippen molar-refractivity contribution in [3.8, 4) is 0 Å². The van der Waals surface area contributed by atoms with Crippen molar-refractivity contribution in [2.75, 3.05) is 13.2 Å². The maximum absolute atomic E-state index is 11.2. The molecule has 1 aromatic heterocycles. The summed E-state index contributed by atoms with van der Waals surface area (Å²) in [4.78, 5) is 16.6. The highest BCUT2D eigenvalue weighted by molar-refractivity contribution is 7.11. The first-order chi connectivity index (χ1) is 7.54. The average Bonchev–Trinajstić information content (AvgIpc) is 2.54. The van der Waals surface area contributed by atoms with Crippen LogP contribution in [-0.4, -0.2) is 29.4 Å². The van der Waals surface area contributed by atoms with Crippen LogP contribution in [0.25, 0.3) is 0 Å². The van der Waals surface area contributed by atoms with Crippen LogP contribution in [0.5, 0.6) is 0 Å². The van der Waals surface area contributed by atoms with Crippen molar-refractivity contribution >= 4 is 17.4 Å². The van der Waals surface area contributed by atoms with E-state index in [0.717, 1.165) is 15.6 Å². The van der Waals surface area contributed by atoms with E-state index in [2.05, 4.69) is 10.3 Å². The van der Waals surface area contributed by atoms with Gasteiger partial charge in [-0.3, -0.25) is 0 Å². The second kappa shape index (κ2) is 5.81. The standard InChI is InChI=1S/C10H16N2O3S/c1-6-9(16-8(3)11-6)7(2)12-10(14)15-5-4-13/h7,13H,4-5H2,1-3H3,(H,12,14). The van der Waals surface area contributed by atoms with Crippen LogP contribution in [0.4, 0.5) is 4.79 Å². The fourth-order valence-electron chi connectivity index (χ4n) is 1.37. The van der Waals surface area contributed by atoms with Crippen LogP contribution in [0.3, 0.4) is 0 Å². The summed E-state index contributed by atoms with van der Waals surface area (Å²) in [6.45, 7) is 5.56. The predicted octanol–water partition coefficient (Wildman–Crippen LogP) is 1.54. The van der Waals surface area contributed by atoms with Crippen LogP contribution in [0, 0.1) is 13.8 Å². The van der Waals surface area contributed by atoms with Crippen LogP contribution in [0.1, 0.15) is 28.5 Å². The summed E-state index contributed by atoms with van der Waals surface area (Å²) in [5, 5.41) is 12.2. The number of alkyl carbamates (subject to hydrolysis) is 1. The molecule has 0 aliphatic heterocycles. The van der Waals surface area contributed by atoms with Crippen LogP contribution >= 0.6 is 11.3 Å². The highest BCUT2D eigenvalue weighted by atomic mass is 32.1. The normalized spacial score (nSPS) is 12.2. The van der Waals surface area contributed by atoms with E-state index in [1.165, 1.54) is 0 Å². The molecule has 1 amide bonds. The summed E-state index contributed by atoms with van der Waals surface area (Å²) >= 11 is 1.56. The number of carbonyl (C=O) groups is 1. The van der Waals surface area contributed by atoms with Gasteiger partial charge in [-0.25, -0.2) is 9.78 Å². The molecule has 1 unspecified atom stereocenters. The monoisotopic (exact) mass is 244 g/mol.